The van der Waals surface area contributed by atoms with E-state index >= 15 is 0 Å². The molecule has 0 radical (unpaired) electrons. The van der Waals surface area contributed by atoms with E-state index in [4.69, 9.17) is 14.7 Å². The molecule has 2 aliphatic heterocycles. The van der Waals surface area contributed by atoms with E-state index in [2.05, 4.69) is 16.3 Å². The summed E-state index contributed by atoms with van der Waals surface area (Å²) < 4.78 is 11.5. The van der Waals surface area contributed by atoms with E-state index in [-0.39, 0.29) is 11.8 Å². The van der Waals surface area contributed by atoms with Crippen molar-refractivity contribution in [2.45, 2.75) is 38.7 Å². The summed E-state index contributed by atoms with van der Waals surface area (Å²) in [6.45, 7) is 5.75. The van der Waals surface area contributed by atoms with Crippen molar-refractivity contribution in [3.63, 3.8) is 0 Å². The van der Waals surface area contributed by atoms with E-state index in [1.54, 1.807) is 0 Å². The molecule has 0 saturated carbocycles. The number of rotatable bonds is 6. The maximum absolute atomic E-state index is 12.8. The number of aryl methyl sites for hydroxylation is 1. The molecule has 28 heavy (non-hydrogen) atoms. The lowest BCUT2D eigenvalue weighted by Gasteiger charge is -2.36. The maximum atomic E-state index is 12.8. The summed E-state index contributed by atoms with van der Waals surface area (Å²) in [5.41, 5.74) is 1.43. The van der Waals surface area contributed by atoms with Crippen molar-refractivity contribution in [2.75, 3.05) is 39.4 Å². The first kappa shape index (κ1) is 20.4. The molecule has 0 bridgehead atoms. The number of piperidine rings is 1. The second-order valence-corrected chi connectivity index (χ2v) is 7.58. The molecule has 0 unspecified atom stereocenters. The number of ether oxygens (including phenoxy) is 2. The lowest BCUT2D eigenvalue weighted by molar-refractivity contribution is 0.0219. The molecule has 7 nitrogen and oxygen atoms in total. The molecule has 2 aliphatic rings. The minimum Gasteiger partial charge on any atom is -0.490 e. The van der Waals surface area contributed by atoms with Crippen LogP contribution in [0.2, 0.25) is 0 Å². The van der Waals surface area contributed by atoms with Crippen molar-refractivity contribution >= 4 is 5.91 Å². The van der Waals surface area contributed by atoms with Crippen molar-refractivity contribution in [3.05, 3.63) is 23.3 Å². The van der Waals surface area contributed by atoms with Gasteiger partial charge in [-0.2, -0.15) is 5.26 Å². The molecule has 1 fully saturated rings. The van der Waals surface area contributed by atoms with Gasteiger partial charge < -0.3 is 24.8 Å². The van der Waals surface area contributed by atoms with Crippen LogP contribution in [0.4, 0.5) is 0 Å². The van der Waals surface area contributed by atoms with Crippen molar-refractivity contribution < 1.29 is 19.4 Å². The molecule has 0 aromatic heterocycles. The maximum Gasteiger partial charge on any atom is 0.255 e. The SMILES string of the molecule is Cc1cc2c(c(C(=O)NC[C@@H]3CCN(CCCC#N)C[C@H]3O)c1)OCCCO2. The summed E-state index contributed by atoms with van der Waals surface area (Å²) >= 11 is 0. The first-order chi connectivity index (χ1) is 13.6. The molecular formula is C21H29N3O4. The van der Waals surface area contributed by atoms with Gasteiger partial charge in [-0.1, -0.05) is 0 Å². The van der Waals surface area contributed by atoms with Gasteiger partial charge in [-0.05, 0) is 50.6 Å². The van der Waals surface area contributed by atoms with Crippen molar-refractivity contribution in [3.8, 4) is 17.6 Å². The standard InChI is InChI=1S/C21H29N3O4/c1-15-11-17(20-19(12-15)27-9-4-10-28-20)21(26)23-13-16-5-8-24(14-18(16)25)7-3-2-6-22/h11-12,16,18,25H,2-5,7-10,13-14H2,1H3,(H,23,26)/t16-,18+/m0/s1. The quantitative estimate of drug-likeness (QED) is 0.724. The molecule has 0 spiro atoms. The van der Waals surface area contributed by atoms with Gasteiger partial charge in [0.05, 0.1) is 31.0 Å². The number of amides is 1. The first-order valence-corrected chi connectivity index (χ1v) is 10.0. The molecule has 1 aromatic rings. The Morgan fingerprint density at radius 2 is 2.21 bits per heavy atom. The Balaban J connectivity index is 1.56. The minimum atomic E-state index is -0.481. The van der Waals surface area contributed by atoms with E-state index < -0.39 is 6.10 Å². The van der Waals surface area contributed by atoms with Crippen LogP contribution in [0.5, 0.6) is 11.5 Å². The Morgan fingerprint density at radius 1 is 1.39 bits per heavy atom. The third-order valence-corrected chi connectivity index (χ3v) is 5.33. The largest absolute Gasteiger partial charge is 0.490 e. The van der Waals surface area contributed by atoms with Crippen molar-refractivity contribution in [1.29, 1.82) is 5.26 Å². The molecule has 1 aromatic carbocycles. The summed E-state index contributed by atoms with van der Waals surface area (Å²) in [6, 6.07) is 5.86. The van der Waals surface area contributed by atoms with E-state index in [1.807, 2.05) is 19.1 Å². The number of nitriles is 1. The number of carbonyl (C=O) groups excluding carboxylic acids is 1. The van der Waals surface area contributed by atoms with Crippen molar-refractivity contribution in [2.24, 2.45) is 5.92 Å². The third kappa shape index (κ3) is 5.15. The molecule has 1 saturated heterocycles. The van der Waals surface area contributed by atoms with Crippen LogP contribution in [0.15, 0.2) is 12.1 Å². The highest BCUT2D eigenvalue weighted by molar-refractivity contribution is 5.98. The fraction of sp³-hybridized carbons (Fsp3) is 0.619. The van der Waals surface area contributed by atoms with Crippen LogP contribution in [0, 0.1) is 24.2 Å². The van der Waals surface area contributed by atoms with E-state index in [9.17, 15) is 9.90 Å². The van der Waals surface area contributed by atoms with Crippen LogP contribution >= 0.6 is 0 Å². The Morgan fingerprint density at radius 3 is 3.00 bits per heavy atom. The van der Waals surface area contributed by atoms with Crippen LogP contribution in [0.1, 0.15) is 41.6 Å². The third-order valence-electron chi connectivity index (χ3n) is 5.33. The topological polar surface area (TPSA) is 94.8 Å². The fourth-order valence-corrected chi connectivity index (χ4v) is 3.77. The minimum absolute atomic E-state index is 0.0248. The molecule has 2 N–H and O–H groups in total. The molecule has 0 aliphatic carbocycles. The zero-order valence-electron chi connectivity index (χ0n) is 16.4. The highest BCUT2D eigenvalue weighted by Gasteiger charge is 2.28. The smallest absolute Gasteiger partial charge is 0.255 e. The molecule has 2 atom stereocenters. The van der Waals surface area contributed by atoms with E-state index in [0.717, 1.165) is 37.9 Å². The second kappa shape index (κ2) is 9.76. The number of carbonyl (C=O) groups is 1. The van der Waals surface area contributed by atoms with Gasteiger partial charge in [-0.3, -0.25) is 4.79 Å². The van der Waals surface area contributed by atoms with Crippen LogP contribution < -0.4 is 14.8 Å². The van der Waals surface area contributed by atoms with Crippen LogP contribution in [-0.2, 0) is 0 Å². The molecule has 1 amide bonds. The highest BCUT2D eigenvalue weighted by atomic mass is 16.5. The predicted molar refractivity (Wildman–Crippen MR) is 105 cm³/mol. The van der Waals surface area contributed by atoms with Gasteiger partial charge in [0, 0.05) is 31.8 Å². The molecule has 152 valence electrons. The Labute approximate surface area is 166 Å². The van der Waals surface area contributed by atoms with Crippen LogP contribution in [0.3, 0.4) is 0 Å². The average Bonchev–Trinajstić information content (AvgIpc) is 2.92. The number of hydrogen-bond acceptors (Lipinski definition) is 6. The number of hydrogen-bond donors (Lipinski definition) is 2. The number of aliphatic hydroxyl groups excluding tert-OH is 1. The summed E-state index contributed by atoms with van der Waals surface area (Å²) in [5.74, 6) is 0.952. The van der Waals surface area contributed by atoms with Gasteiger partial charge in [0.15, 0.2) is 11.5 Å². The van der Waals surface area contributed by atoms with Gasteiger partial charge in [0.25, 0.3) is 5.91 Å². The number of nitrogens with one attached hydrogen (secondary N) is 1. The molecule has 7 heteroatoms. The normalized spacial score (nSPS) is 22.2. The second-order valence-electron chi connectivity index (χ2n) is 7.58. The number of aliphatic hydroxyl groups is 1. The number of fused-ring (bicyclic) bond motifs is 1. The van der Waals surface area contributed by atoms with Crippen LogP contribution in [0.25, 0.3) is 0 Å². The van der Waals surface area contributed by atoms with E-state index in [1.165, 1.54) is 0 Å². The van der Waals surface area contributed by atoms with Gasteiger partial charge in [-0.25, -0.2) is 0 Å². The lowest BCUT2D eigenvalue weighted by Crippen LogP contribution is -2.47. The Kier molecular flexibility index (Phi) is 7.12. The molecule has 3 rings (SSSR count). The van der Waals surface area contributed by atoms with Gasteiger partial charge >= 0.3 is 0 Å². The molecule has 2 heterocycles. The summed E-state index contributed by atoms with van der Waals surface area (Å²) in [4.78, 5) is 15.0. The van der Waals surface area contributed by atoms with Gasteiger partial charge in [0.1, 0.15) is 0 Å². The predicted octanol–water partition coefficient (Wildman–Crippen LogP) is 1.87. The van der Waals surface area contributed by atoms with Gasteiger partial charge in [0.2, 0.25) is 0 Å². The first-order valence-electron chi connectivity index (χ1n) is 10.0. The van der Waals surface area contributed by atoms with E-state index in [0.29, 0.717) is 49.8 Å². The highest BCUT2D eigenvalue weighted by Crippen LogP contribution is 2.34. The number of β-amino-alcohol motifs (C(OH)–C–C–N with tert-alkyl or cyclic N) is 1. The summed E-state index contributed by atoms with van der Waals surface area (Å²) in [7, 11) is 0. The zero-order chi connectivity index (χ0) is 19.9. The Hall–Kier alpha value is -2.30. The van der Waals surface area contributed by atoms with Gasteiger partial charge in [-0.15, -0.1) is 0 Å². The van der Waals surface area contributed by atoms with Crippen LogP contribution in [-0.4, -0.2) is 61.4 Å². The number of unbranched alkanes of at least 4 members (excludes halogenated alkanes) is 1. The zero-order valence-corrected chi connectivity index (χ0v) is 16.4. The summed E-state index contributed by atoms with van der Waals surface area (Å²) in [6.07, 6.45) is 2.49. The Bertz CT molecular complexity index is 731. The lowest BCUT2D eigenvalue weighted by atomic mass is 9.93. The fourth-order valence-electron chi connectivity index (χ4n) is 3.77. The number of nitrogens with zero attached hydrogens (tertiary/aromatic N) is 2. The summed E-state index contributed by atoms with van der Waals surface area (Å²) in [5, 5.41) is 22.1. The number of likely N-dealkylation sites (tertiary alicyclic amines) is 1. The van der Waals surface area contributed by atoms with Crippen molar-refractivity contribution in [1.82, 2.24) is 10.2 Å². The molecular weight excluding hydrogens is 358 g/mol. The number of benzene rings is 1. The average molecular weight is 387 g/mol. The monoisotopic (exact) mass is 387 g/mol.